The van der Waals surface area contributed by atoms with Gasteiger partial charge < -0.3 is 10.1 Å². The number of ether oxygens (including phenoxy) is 1. The number of rotatable bonds is 6. The quantitative estimate of drug-likeness (QED) is 0.834. The van der Waals surface area contributed by atoms with E-state index >= 15 is 0 Å². The average Bonchev–Trinajstić information content (AvgIpc) is 2.85. The van der Waals surface area contributed by atoms with Crippen molar-refractivity contribution in [1.82, 2.24) is 5.32 Å². The smallest absolute Gasteiger partial charge is 0.0590 e. The highest BCUT2D eigenvalue weighted by Gasteiger charge is 2.20. The van der Waals surface area contributed by atoms with E-state index in [9.17, 15) is 0 Å². The van der Waals surface area contributed by atoms with Gasteiger partial charge in [-0.3, -0.25) is 0 Å². The maximum atomic E-state index is 5.75. The molecule has 2 rings (SSSR count). The van der Waals surface area contributed by atoms with Gasteiger partial charge in [0.15, 0.2) is 0 Å². The molecule has 18 heavy (non-hydrogen) atoms. The lowest BCUT2D eigenvalue weighted by atomic mass is 9.98. The Bertz CT molecular complexity index is 341. The van der Waals surface area contributed by atoms with Crippen molar-refractivity contribution in [3.63, 3.8) is 0 Å². The van der Waals surface area contributed by atoms with Crippen LogP contribution in [0.5, 0.6) is 0 Å². The minimum atomic E-state index is 0.472. The first-order valence-electron chi connectivity index (χ1n) is 7.18. The van der Waals surface area contributed by atoms with E-state index in [1.165, 1.54) is 24.0 Å². The van der Waals surface area contributed by atoms with Crippen LogP contribution in [0.1, 0.15) is 37.3 Å². The van der Waals surface area contributed by atoms with Crippen LogP contribution in [0.4, 0.5) is 0 Å². The second-order valence-corrected chi connectivity index (χ2v) is 5.32. The molecular formula is C16H25NO. The Kier molecular flexibility index (Phi) is 5.21. The highest BCUT2D eigenvalue weighted by molar-refractivity contribution is 5.22. The summed E-state index contributed by atoms with van der Waals surface area (Å²) in [5.41, 5.74) is 2.75. The molecule has 0 spiro atoms. The zero-order valence-corrected chi connectivity index (χ0v) is 11.6. The fraction of sp³-hybridized carbons (Fsp3) is 0.625. The topological polar surface area (TPSA) is 21.3 Å². The van der Waals surface area contributed by atoms with Crippen molar-refractivity contribution >= 4 is 0 Å². The van der Waals surface area contributed by atoms with Crippen LogP contribution in [0.2, 0.25) is 0 Å². The van der Waals surface area contributed by atoms with Gasteiger partial charge in [-0.1, -0.05) is 36.8 Å². The minimum absolute atomic E-state index is 0.472. The molecule has 0 radical (unpaired) electrons. The summed E-state index contributed by atoms with van der Waals surface area (Å²) >= 11 is 0. The molecule has 100 valence electrons. The number of aryl methyl sites for hydroxylation is 1. The first-order valence-corrected chi connectivity index (χ1v) is 7.18. The van der Waals surface area contributed by atoms with Crippen molar-refractivity contribution in [2.75, 3.05) is 13.2 Å². The SMILES string of the molecule is CCNC(Cc1ccc(C)cc1)CC1CCCO1. The lowest BCUT2D eigenvalue weighted by Gasteiger charge is -2.21. The van der Waals surface area contributed by atoms with Crippen molar-refractivity contribution in [3.8, 4) is 0 Å². The van der Waals surface area contributed by atoms with Gasteiger partial charge in [0.05, 0.1) is 6.10 Å². The third kappa shape index (κ3) is 4.11. The third-order valence-corrected chi connectivity index (χ3v) is 3.67. The molecule has 0 aromatic heterocycles. The van der Waals surface area contributed by atoms with Crippen LogP contribution in [-0.2, 0) is 11.2 Å². The van der Waals surface area contributed by atoms with Crippen molar-refractivity contribution in [2.24, 2.45) is 0 Å². The Balaban J connectivity index is 1.90. The molecule has 0 amide bonds. The molecule has 0 bridgehead atoms. The monoisotopic (exact) mass is 247 g/mol. The molecule has 1 N–H and O–H groups in total. The fourth-order valence-corrected chi connectivity index (χ4v) is 2.68. The molecule has 1 aromatic rings. The van der Waals surface area contributed by atoms with Crippen LogP contribution in [0.15, 0.2) is 24.3 Å². The Labute approximate surface area is 111 Å². The normalized spacial score (nSPS) is 21.1. The molecule has 0 saturated carbocycles. The van der Waals surface area contributed by atoms with Crippen molar-refractivity contribution in [3.05, 3.63) is 35.4 Å². The molecule has 2 unspecified atom stereocenters. The molecule has 1 aliphatic rings. The van der Waals surface area contributed by atoms with Crippen molar-refractivity contribution < 1.29 is 4.74 Å². The van der Waals surface area contributed by atoms with E-state index in [1.807, 2.05) is 0 Å². The predicted octanol–water partition coefficient (Wildman–Crippen LogP) is 3.08. The van der Waals surface area contributed by atoms with Gasteiger partial charge >= 0.3 is 0 Å². The summed E-state index contributed by atoms with van der Waals surface area (Å²) in [5.74, 6) is 0. The first kappa shape index (κ1) is 13.6. The van der Waals surface area contributed by atoms with Crippen LogP contribution in [0.25, 0.3) is 0 Å². The number of nitrogens with one attached hydrogen (secondary N) is 1. The Morgan fingerprint density at radius 1 is 1.33 bits per heavy atom. The van der Waals surface area contributed by atoms with Gasteiger partial charge in [-0.25, -0.2) is 0 Å². The van der Waals surface area contributed by atoms with Gasteiger partial charge in [0.2, 0.25) is 0 Å². The summed E-state index contributed by atoms with van der Waals surface area (Å²) in [7, 11) is 0. The molecule has 1 heterocycles. The van der Waals surface area contributed by atoms with E-state index < -0.39 is 0 Å². The van der Waals surface area contributed by atoms with Crippen LogP contribution < -0.4 is 5.32 Å². The predicted molar refractivity (Wildman–Crippen MR) is 75.9 cm³/mol. The van der Waals surface area contributed by atoms with Gasteiger partial charge in [-0.15, -0.1) is 0 Å². The maximum Gasteiger partial charge on any atom is 0.0590 e. The van der Waals surface area contributed by atoms with Crippen LogP contribution in [0.3, 0.4) is 0 Å². The lowest BCUT2D eigenvalue weighted by molar-refractivity contribution is 0.0948. The fourth-order valence-electron chi connectivity index (χ4n) is 2.68. The van der Waals surface area contributed by atoms with E-state index in [0.717, 1.165) is 26.0 Å². The number of benzene rings is 1. The second kappa shape index (κ2) is 6.91. The van der Waals surface area contributed by atoms with E-state index in [-0.39, 0.29) is 0 Å². The summed E-state index contributed by atoms with van der Waals surface area (Å²) in [5, 5.41) is 3.59. The second-order valence-electron chi connectivity index (χ2n) is 5.32. The molecule has 2 nitrogen and oxygen atoms in total. The first-order chi connectivity index (χ1) is 8.78. The highest BCUT2D eigenvalue weighted by atomic mass is 16.5. The van der Waals surface area contributed by atoms with Gasteiger partial charge in [-0.05, 0) is 44.7 Å². The molecule has 1 saturated heterocycles. The number of likely N-dealkylation sites (N-methyl/N-ethyl adjacent to an activating group) is 1. The summed E-state index contributed by atoms with van der Waals surface area (Å²) in [6.45, 7) is 6.30. The number of hydrogen-bond acceptors (Lipinski definition) is 2. The van der Waals surface area contributed by atoms with Crippen molar-refractivity contribution in [2.45, 2.75) is 51.7 Å². The van der Waals surface area contributed by atoms with Gasteiger partial charge in [0.1, 0.15) is 0 Å². The molecule has 2 heteroatoms. The standard InChI is InChI=1S/C16H25NO/c1-3-17-15(12-16-5-4-10-18-16)11-14-8-6-13(2)7-9-14/h6-9,15-17H,3-5,10-12H2,1-2H3. The zero-order valence-electron chi connectivity index (χ0n) is 11.6. The summed E-state index contributed by atoms with van der Waals surface area (Å²) in [6.07, 6.45) is 5.18. The molecule has 1 aromatic carbocycles. The largest absolute Gasteiger partial charge is 0.378 e. The Morgan fingerprint density at radius 2 is 2.11 bits per heavy atom. The average molecular weight is 247 g/mol. The maximum absolute atomic E-state index is 5.75. The molecular weight excluding hydrogens is 222 g/mol. The summed E-state index contributed by atoms with van der Waals surface area (Å²) in [6, 6.07) is 9.43. The highest BCUT2D eigenvalue weighted by Crippen LogP contribution is 2.19. The van der Waals surface area contributed by atoms with Crippen molar-refractivity contribution in [1.29, 1.82) is 0 Å². The Hall–Kier alpha value is -0.860. The Morgan fingerprint density at radius 3 is 2.72 bits per heavy atom. The summed E-state index contributed by atoms with van der Waals surface area (Å²) < 4.78 is 5.75. The van der Waals surface area contributed by atoms with E-state index in [1.54, 1.807) is 0 Å². The minimum Gasteiger partial charge on any atom is -0.378 e. The number of hydrogen-bond donors (Lipinski definition) is 1. The van der Waals surface area contributed by atoms with Gasteiger partial charge in [0, 0.05) is 12.6 Å². The van der Waals surface area contributed by atoms with Crippen LogP contribution >= 0.6 is 0 Å². The molecule has 1 fully saturated rings. The third-order valence-electron chi connectivity index (χ3n) is 3.67. The van der Waals surface area contributed by atoms with Crippen LogP contribution in [0, 0.1) is 6.92 Å². The zero-order chi connectivity index (χ0) is 12.8. The molecule has 2 atom stereocenters. The van der Waals surface area contributed by atoms with E-state index in [0.29, 0.717) is 12.1 Å². The van der Waals surface area contributed by atoms with E-state index in [2.05, 4.69) is 43.4 Å². The van der Waals surface area contributed by atoms with Gasteiger partial charge in [0.25, 0.3) is 0 Å². The summed E-state index contributed by atoms with van der Waals surface area (Å²) in [4.78, 5) is 0. The van der Waals surface area contributed by atoms with Crippen LogP contribution in [-0.4, -0.2) is 25.3 Å². The molecule has 0 aliphatic carbocycles. The molecule has 1 aliphatic heterocycles. The lowest BCUT2D eigenvalue weighted by Crippen LogP contribution is -2.34. The van der Waals surface area contributed by atoms with E-state index in [4.69, 9.17) is 4.74 Å². The van der Waals surface area contributed by atoms with Gasteiger partial charge in [-0.2, -0.15) is 0 Å².